The summed E-state index contributed by atoms with van der Waals surface area (Å²) in [6.07, 6.45) is 2.56. The van der Waals surface area contributed by atoms with Crippen molar-refractivity contribution in [2.45, 2.75) is 20.3 Å². The smallest absolute Gasteiger partial charge is 0.138 e. The van der Waals surface area contributed by atoms with E-state index in [-0.39, 0.29) is 0 Å². The Morgan fingerprint density at radius 2 is 1.90 bits per heavy atom. The van der Waals surface area contributed by atoms with Crippen molar-refractivity contribution < 1.29 is 0 Å². The molecule has 2 N–H and O–H groups in total. The van der Waals surface area contributed by atoms with Gasteiger partial charge in [-0.3, -0.25) is 0 Å². The van der Waals surface area contributed by atoms with Gasteiger partial charge in [0, 0.05) is 17.1 Å². The first-order valence-corrected chi connectivity index (χ1v) is 7.15. The van der Waals surface area contributed by atoms with Gasteiger partial charge >= 0.3 is 0 Å². The molecule has 0 aliphatic rings. The Hall–Kier alpha value is -1.52. The number of halogens is 2. The van der Waals surface area contributed by atoms with E-state index in [0.717, 1.165) is 35.9 Å². The summed E-state index contributed by atoms with van der Waals surface area (Å²) in [7, 11) is 0. The van der Waals surface area contributed by atoms with Crippen LogP contribution in [-0.4, -0.2) is 16.5 Å². The average Bonchev–Trinajstić information content (AvgIpc) is 2.42. The third-order valence-corrected chi connectivity index (χ3v) is 3.36. The molecule has 2 rings (SSSR count). The number of hydrogen-bond donors (Lipinski definition) is 2. The zero-order valence-corrected chi connectivity index (χ0v) is 12.9. The van der Waals surface area contributed by atoms with Gasteiger partial charge < -0.3 is 10.6 Å². The van der Waals surface area contributed by atoms with E-state index < -0.39 is 0 Å². The van der Waals surface area contributed by atoms with Gasteiger partial charge in [-0.05, 0) is 31.5 Å². The molecule has 0 radical (unpaired) electrons. The lowest BCUT2D eigenvalue weighted by molar-refractivity contribution is 0.960. The van der Waals surface area contributed by atoms with Crippen molar-refractivity contribution in [3.05, 3.63) is 40.1 Å². The van der Waals surface area contributed by atoms with Gasteiger partial charge in [0.15, 0.2) is 0 Å². The number of hydrogen-bond acceptors (Lipinski definition) is 4. The highest BCUT2D eigenvalue weighted by molar-refractivity contribution is 6.36. The lowest BCUT2D eigenvalue weighted by Gasteiger charge is -2.13. The van der Waals surface area contributed by atoms with E-state index in [9.17, 15) is 0 Å². The molecule has 1 aromatic heterocycles. The minimum atomic E-state index is 0.554. The molecule has 0 saturated carbocycles. The van der Waals surface area contributed by atoms with Crippen LogP contribution in [0.5, 0.6) is 0 Å². The summed E-state index contributed by atoms with van der Waals surface area (Å²) >= 11 is 12.0. The summed E-state index contributed by atoms with van der Waals surface area (Å²) in [6.45, 7) is 4.94. The molecule has 0 aliphatic carbocycles. The molecule has 0 aliphatic heterocycles. The second-order valence-corrected chi connectivity index (χ2v) is 5.22. The standard InChI is InChI=1S/C14H16Cl2N4/c1-3-6-17-13-9(2)14(19-8-18-13)20-12-5-4-10(15)7-11(12)16/h4-5,7-8H,3,6H2,1-2H3,(H2,17,18,19,20). The first kappa shape index (κ1) is 14.9. The average molecular weight is 311 g/mol. The zero-order chi connectivity index (χ0) is 14.5. The largest absolute Gasteiger partial charge is 0.370 e. The number of nitrogens with one attached hydrogen (secondary N) is 2. The van der Waals surface area contributed by atoms with Crippen molar-refractivity contribution in [2.24, 2.45) is 0 Å². The zero-order valence-electron chi connectivity index (χ0n) is 11.4. The Morgan fingerprint density at radius 1 is 1.15 bits per heavy atom. The first-order valence-electron chi connectivity index (χ1n) is 6.39. The maximum absolute atomic E-state index is 6.15. The molecule has 106 valence electrons. The van der Waals surface area contributed by atoms with E-state index in [1.54, 1.807) is 12.1 Å². The van der Waals surface area contributed by atoms with Crippen molar-refractivity contribution in [3.63, 3.8) is 0 Å². The summed E-state index contributed by atoms with van der Waals surface area (Å²) in [4.78, 5) is 8.49. The second-order valence-electron chi connectivity index (χ2n) is 4.37. The third kappa shape index (κ3) is 3.52. The number of anilines is 3. The second kappa shape index (κ2) is 6.77. The summed E-state index contributed by atoms with van der Waals surface area (Å²) in [5.41, 5.74) is 1.71. The molecule has 0 bridgehead atoms. The van der Waals surface area contributed by atoms with Crippen LogP contribution in [0.1, 0.15) is 18.9 Å². The van der Waals surface area contributed by atoms with E-state index >= 15 is 0 Å². The van der Waals surface area contributed by atoms with Crippen LogP contribution in [0.4, 0.5) is 17.3 Å². The molecular formula is C14H16Cl2N4. The van der Waals surface area contributed by atoms with Crippen LogP contribution in [0.25, 0.3) is 0 Å². The Bertz CT molecular complexity index is 602. The van der Waals surface area contributed by atoms with Crippen LogP contribution in [0.15, 0.2) is 24.5 Å². The predicted octanol–water partition coefficient (Wildman–Crippen LogP) is 4.66. The van der Waals surface area contributed by atoms with Crippen molar-refractivity contribution in [1.29, 1.82) is 0 Å². The molecule has 0 saturated heterocycles. The maximum atomic E-state index is 6.15. The molecule has 0 spiro atoms. The van der Waals surface area contributed by atoms with Crippen LogP contribution in [0.2, 0.25) is 10.0 Å². The number of benzene rings is 1. The van der Waals surface area contributed by atoms with E-state index in [1.165, 1.54) is 6.33 Å². The molecule has 0 atom stereocenters. The van der Waals surface area contributed by atoms with Gasteiger partial charge in [0.1, 0.15) is 18.0 Å². The highest BCUT2D eigenvalue weighted by atomic mass is 35.5. The normalized spacial score (nSPS) is 10.4. The molecule has 1 aromatic carbocycles. The van der Waals surface area contributed by atoms with Crippen molar-refractivity contribution >= 4 is 40.5 Å². The molecule has 4 nitrogen and oxygen atoms in total. The molecule has 0 unspecified atom stereocenters. The van der Waals surface area contributed by atoms with E-state index in [4.69, 9.17) is 23.2 Å². The Balaban J connectivity index is 2.24. The van der Waals surface area contributed by atoms with Crippen LogP contribution in [-0.2, 0) is 0 Å². The van der Waals surface area contributed by atoms with Gasteiger partial charge in [-0.15, -0.1) is 0 Å². The third-order valence-electron chi connectivity index (χ3n) is 2.81. The van der Waals surface area contributed by atoms with Crippen LogP contribution in [0, 0.1) is 6.92 Å². The Kier molecular flexibility index (Phi) is 5.04. The fourth-order valence-corrected chi connectivity index (χ4v) is 2.17. The first-order chi connectivity index (χ1) is 9.61. The Labute approximate surface area is 128 Å². The van der Waals surface area contributed by atoms with Gasteiger partial charge in [0.05, 0.1) is 10.7 Å². The van der Waals surface area contributed by atoms with Gasteiger partial charge in [0.2, 0.25) is 0 Å². The topological polar surface area (TPSA) is 49.8 Å². The molecule has 6 heteroatoms. The minimum Gasteiger partial charge on any atom is -0.370 e. The lowest BCUT2D eigenvalue weighted by Crippen LogP contribution is -2.07. The summed E-state index contributed by atoms with van der Waals surface area (Å²) < 4.78 is 0. The summed E-state index contributed by atoms with van der Waals surface area (Å²) in [5.74, 6) is 1.55. The quantitative estimate of drug-likeness (QED) is 0.843. The highest BCUT2D eigenvalue weighted by Crippen LogP contribution is 2.29. The van der Waals surface area contributed by atoms with Crippen molar-refractivity contribution in [1.82, 2.24) is 9.97 Å². The van der Waals surface area contributed by atoms with E-state index in [2.05, 4.69) is 27.5 Å². The van der Waals surface area contributed by atoms with Gasteiger partial charge in [-0.1, -0.05) is 30.1 Å². The van der Waals surface area contributed by atoms with Crippen LogP contribution >= 0.6 is 23.2 Å². The van der Waals surface area contributed by atoms with Gasteiger partial charge in [-0.2, -0.15) is 0 Å². The van der Waals surface area contributed by atoms with Gasteiger partial charge in [0.25, 0.3) is 0 Å². The number of rotatable bonds is 5. The molecule has 0 amide bonds. The fraction of sp³-hybridized carbons (Fsp3) is 0.286. The number of nitrogens with zero attached hydrogens (tertiary/aromatic N) is 2. The van der Waals surface area contributed by atoms with E-state index in [0.29, 0.717) is 10.0 Å². The van der Waals surface area contributed by atoms with Crippen molar-refractivity contribution in [3.8, 4) is 0 Å². The van der Waals surface area contributed by atoms with Crippen molar-refractivity contribution in [2.75, 3.05) is 17.2 Å². The van der Waals surface area contributed by atoms with Crippen LogP contribution < -0.4 is 10.6 Å². The molecule has 0 fully saturated rings. The van der Waals surface area contributed by atoms with Gasteiger partial charge in [-0.25, -0.2) is 9.97 Å². The maximum Gasteiger partial charge on any atom is 0.138 e. The van der Waals surface area contributed by atoms with Crippen LogP contribution in [0.3, 0.4) is 0 Å². The predicted molar refractivity (Wildman–Crippen MR) is 85.3 cm³/mol. The lowest BCUT2D eigenvalue weighted by atomic mass is 10.2. The number of aromatic nitrogens is 2. The molecule has 2 aromatic rings. The van der Waals surface area contributed by atoms with E-state index in [1.807, 2.05) is 13.0 Å². The molecule has 20 heavy (non-hydrogen) atoms. The summed E-state index contributed by atoms with van der Waals surface area (Å²) in [6, 6.07) is 5.30. The highest BCUT2D eigenvalue weighted by Gasteiger charge is 2.08. The fourth-order valence-electron chi connectivity index (χ4n) is 1.72. The minimum absolute atomic E-state index is 0.554. The SMILES string of the molecule is CCCNc1ncnc(Nc2ccc(Cl)cc2Cl)c1C. The monoisotopic (exact) mass is 310 g/mol. The summed E-state index contributed by atoms with van der Waals surface area (Å²) in [5, 5.41) is 7.63. The Morgan fingerprint density at radius 3 is 2.60 bits per heavy atom. The molecule has 1 heterocycles. The molecular weight excluding hydrogens is 295 g/mol.